The van der Waals surface area contributed by atoms with E-state index in [9.17, 15) is 8.78 Å². The summed E-state index contributed by atoms with van der Waals surface area (Å²) in [7, 11) is 0. The third-order valence-corrected chi connectivity index (χ3v) is 3.41. The number of fused-ring (bicyclic) bond motifs is 2. The van der Waals surface area contributed by atoms with Gasteiger partial charge >= 0.3 is 6.61 Å². The van der Waals surface area contributed by atoms with Crippen LogP contribution < -0.4 is 10.5 Å². The van der Waals surface area contributed by atoms with Crippen molar-refractivity contribution in [2.45, 2.75) is 6.61 Å². The van der Waals surface area contributed by atoms with Crippen LogP contribution in [0.15, 0.2) is 42.9 Å². The summed E-state index contributed by atoms with van der Waals surface area (Å²) in [5.74, 6) is -0.414. The molecule has 2 N–H and O–H groups in total. The maximum Gasteiger partial charge on any atom is 0.388 e. The van der Waals surface area contributed by atoms with Gasteiger partial charge in [-0.1, -0.05) is 0 Å². The second kappa shape index (κ2) is 4.90. The number of alkyl halides is 2. The van der Waals surface area contributed by atoms with Crippen LogP contribution in [0.3, 0.4) is 0 Å². The topological polar surface area (TPSA) is 82.7 Å². The fraction of sp³-hybridized carbons (Fsp3) is 0.0714. The molecular weight excluding hydrogens is 306 g/mol. The predicted molar refractivity (Wildman–Crippen MR) is 78.2 cm³/mol. The molecule has 4 aromatic rings. The van der Waals surface area contributed by atoms with E-state index in [1.54, 1.807) is 29.2 Å². The van der Waals surface area contributed by atoms with Gasteiger partial charge in [-0.15, -0.1) is 5.10 Å². The zero-order valence-corrected chi connectivity index (χ0v) is 11.6. The summed E-state index contributed by atoms with van der Waals surface area (Å²) in [4.78, 5) is 3.78. The van der Waals surface area contributed by atoms with Gasteiger partial charge in [0, 0.05) is 24.2 Å². The Bertz CT molecular complexity index is 1010. The van der Waals surface area contributed by atoms with Crippen molar-refractivity contribution < 1.29 is 13.5 Å². The highest BCUT2D eigenvalue weighted by atomic mass is 19.3. The minimum Gasteiger partial charge on any atom is -0.414 e. The van der Waals surface area contributed by atoms with Crippen molar-refractivity contribution in [2.75, 3.05) is 5.73 Å². The van der Waals surface area contributed by atoms with E-state index in [0.29, 0.717) is 11.1 Å². The molecule has 0 aliphatic carbocycles. The molecule has 0 atom stereocenters. The molecule has 0 unspecified atom stereocenters. The Balaban J connectivity index is 1.95. The fourth-order valence-electron chi connectivity index (χ4n) is 2.50. The molecule has 23 heavy (non-hydrogen) atoms. The zero-order chi connectivity index (χ0) is 16.0. The zero-order valence-electron chi connectivity index (χ0n) is 11.6. The molecule has 0 fully saturated rings. The summed E-state index contributed by atoms with van der Waals surface area (Å²) in [6.07, 6.45) is 5.06. The van der Waals surface area contributed by atoms with Crippen LogP contribution in [0.4, 0.5) is 14.7 Å². The van der Waals surface area contributed by atoms with Crippen molar-refractivity contribution in [2.24, 2.45) is 0 Å². The molecule has 0 saturated heterocycles. The summed E-state index contributed by atoms with van der Waals surface area (Å²) in [6.45, 7) is -3.01. The first kappa shape index (κ1) is 13.4. The second-order valence-electron chi connectivity index (χ2n) is 4.79. The maximum absolute atomic E-state index is 12.6. The van der Waals surface area contributed by atoms with Gasteiger partial charge in [-0.05, 0) is 29.8 Å². The number of anilines is 1. The Hall–Kier alpha value is -3.23. The first-order valence-corrected chi connectivity index (χ1v) is 6.65. The van der Waals surface area contributed by atoms with Crippen LogP contribution >= 0.6 is 0 Å². The lowest BCUT2D eigenvalue weighted by atomic mass is 10.1. The number of aromatic nitrogens is 5. The first-order valence-electron chi connectivity index (χ1n) is 6.65. The quantitative estimate of drug-likeness (QED) is 0.626. The minimum atomic E-state index is -3.01. The molecule has 4 heterocycles. The van der Waals surface area contributed by atoms with E-state index >= 15 is 0 Å². The Morgan fingerprint density at radius 1 is 1.13 bits per heavy atom. The van der Waals surface area contributed by atoms with Crippen LogP contribution in [0.5, 0.6) is 5.88 Å². The second-order valence-corrected chi connectivity index (χ2v) is 4.79. The average Bonchev–Trinajstić information content (AvgIpc) is 3.11. The van der Waals surface area contributed by atoms with E-state index in [1.807, 2.05) is 18.2 Å². The molecule has 7 nitrogen and oxygen atoms in total. The van der Waals surface area contributed by atoms with Gasteiger partial charge < -0.3 is 10.5 Å². The molecule has 0 aliphatic rings. The van der Waals surface area contributed by atoms with E-state index in [1.165, 1.54) is 4.52 Å². The van der Waals surface area contributed by atoms with Crippen molar-refractivity contribution in [3.63, 3.8) is 0 Å². The SMILES string of the molecule is Nc1nc(OC(F)F)c2c(-c3ccn4nccc4c3)ccn2n1. The Labute approximate surface area is 127 Å². The fourth-order valence-corrected chi connectivity index (χ4v) is 2.50. The lowest BCUT2D eigenvalue weighted by Gasteiger charge is -2.08. The number of halogens is 2. The smallest absolute Gasteiger partial charge is 0.388 e. The van der Waals surface area contributed by atoms with Crippen LogP contribution in [-0.4, -0.2) is 30.8 Å². The summed E-state index contributed by atoms with van der Waals surface area (Å²) in [6, 6.07) is 7.28. The van der Waals surface area contributed by atoms with E-state index < -0.39 is 6.61 Å². The summed E-state index contributed by atoms with van der Waals surface area (Å²) < 4.78 is 32.9. The first-order chi connectivity index (χ1) is 11.1. The van der Waals surface area contributed by atoms with Gasteiger partial charge in [0.15, 0.2) is 0 Å². The van der Waals surface area contributed by atoms with Gasteiger partial charge in [-0.25, -0.2) is 9.03 Å². The number of rotatable bonds is 3. The van der Waals surface area contributed by atoms with E-state index in [-0.39, 0.29) is 11.8 Å². The molecule has 4 rings (SSSR count). The molecule has 9 heteroatoms. The molecule has 0 aliphatic heterocycles. The minimum absolute atomic E-state index is 0.151. The summed E-state index contributed by atoms with van der Waals surface area (Å²) in [5.41, 5.74) is 8.18. The molecular formula is C14H10F2N6O. The molecule has 116 valence electrons. The third-order valence-electron chi connectivity index (χ3n) is 3.41. The Morgan fingerprint density at radius 2 is 1.96 bits per heavy atom. The van der Waals surface area contributed by atoms with Crippen molar-refractivity contribution in [1.29, 1.82) is 0 Å². The molecule has 0 radical (unpaired) electrons. The van der Waals surface area contributed by atoms with Gasteiger partial charge in [0.05, 0.1) is 5.52 Å². The van der Waals surface area contributed by atoms with Crippen molar-refractivity contribution in [3.05, 3.63) is 42.9 Å². The number of pyridine rings is 1. The third kappa shape index (κ3) is 2.22. The van der Waals surface area contributed by atoms with Crippen LogP contribution in [-0.2, 0) is 0 Å². The van der Waals surface area contributed by atoms with Crippen LogP contribution in [0.2, 0.25) is 0 Å². The van der Waals surface area contributed by atoms with Gasteiger partial charge in [0.1, 0.15) is 5.52 Å². The van der Waals surface area contributed by atoms with Gasteiger partial charge in [0.25, 0.3) is 0 Å². The normalized spacial score (nSPS) is 11.6. The summed E-state index contributed by atoms with van der Waals surface area (Å²) >= 11 is 0. The van der Waals surface area contributed by atoms with Gasteiger partial charge in [-0.3, -0.25) is 0 Å². The highest BCUT2D eigenvalue weighted by Crippen LogP contribution is 2.32. The van der Waals surface area contributed by atoms with Crippen LogP contribution in [0, 0.1) is 0 Å². The number of nitrogen functional groups attached to an aromatic ring is 1. The summed E-state index contributed by atoms with van der Waals surface area (Å²) in [5, 5.41) is 8.10. The number of hydrogen-bond donors (Lipinski definition) is 1. The molecule has 0 amide bonds. The monoisotopic (exact) mass is 316 g/mol. The lowest BCUT2D eigenvalue weighted by Crippen LogP contribution is -2.09. The molecule has 0 spiro atoms. The van der Waals surface area contributed by atoms with Crippen molar-refractivity contribution in [3.8, 4) is 17.0 Å². The van der Waals surface area contributed by atoms with Crippen LogP contribution in [0.1, 0.15) is 0 Å². The van der Waals surface area contributed by atoms with Crippen molar-refractivity contribution in [1.82, 2.24) is 24.2 Å². The Morgan fingerprint density at radius 3 is 2.78 bits per heavy atom. The number of nitrogens with zero attached hydrogens (tertiary/aromatic N) is 5. The van der Waals surface area contributed by atoms with E-state index in [4.69, 9.17) is 5.73 Å². The number of nitrogens with two attached hydrogens (primary N) is 1. The molecule has 4 aromatic heterocycles. The molecule has 0 aromatic carbocycles. The largest absolute Gasteiger partial charge is 0.414 e. The van der Waals surface area contributed by atoms with Crippen LogP contribution in [0.25, 0.3) is 22.2 Å². The average molecular weight is 316 g/mol. The standard InChI is InChI=1S/C14H10F2N6O/c15-13(16)23-12-11-10(3-6-22(11)20-14(17)19-12)8-2-5-21-9(7-8)1-4-18-21/h1-7,13H,(H2,17,20). The van der Waals surface area contributed by atoms with Crippen molar-refractivity contribution >= 4 is 17.0 Å². The number of hydrogen-bond acceptors (Lipinski definition) is 5. The van der Waals surface area contributed by atoms with Gasteiger partial charge in [-0.2, -0.15) is 18.9 Å². The number of ether oxygens (including phenoxy) is 1. The highest BCUT2D eigenvalue weighted by Gasteiger charge is 2.17. The predicted octanol–water partition coefficient (Wildman–Crippen LogP) is 2.23. The molecule has 0 bridgehead atoms. The lowest BCUT2D eigenvalue weighted by molar-refractivity contribution is -0.0519. The van der Waals surface area contributed by atoms with Gasteiger partial charge in [0.2, 0.25) is 11.8 Å². The molecule has 0 saturated carbocycles. The van der Waals surface area contributed by atoms with E-state index in [2.05, 4.69) is 19.9 Å². The van der Waals surface area contributed by atoms with E-state index in [0.717, 1.165) is 11.1 Å². The maximum atomic E-state index is 12.6. The Kier molecular flexibility index (Phi) is 2.86. The highest BCUT2D eigenvalue weighted by molar-refractivity contribution is 5.85.